The number of anilines is 1. The van der Waals surface area contributed by atoms with Gasteiger partial charge < -0.3 is 15.0 Å². The summed E-state index contributed by atoms with van der Waals surface area (Å²) >= 11 is 0. The predicted octanol–water partition coefficient (Wildman–Crippen LogP) is 2.03. The minimum absolute atomic E-state index is 0.00949. The molecule has 0 spiro atoms. The number of sulfone groups is 1. The van der Waals surface area contributed by atoms with Gasteiger partial charge in [-0.25, -0.2) is 8.42 Å². The summed E-state index contributed by atoms with van der Waals surface area (Å²) in [6, 6.07) is 14.7. The monoisotopic (exact) mass is 471 g/mol. The van der Waals surface area contributed by atoms with Crippen molar-refractivity contribution in [3.05, 3.63) is 59.7 Å². The molecule has 2 aromatic rings. The Balaban J connectivity index is 1.25. The average molecular weight is 472 g/mol. The van der Waals surface area contributed by atoms with Gasteiger partial charge in [0.05, 0.1) is 24.5 Å². The molecule has 1 N–H and O–H groups in total. The van der Waals surface area contributed by atoms with E-state index < -0.39 is 9.84 Å². The smallest absolute Gasteiger partial charge is 0.255 e. The van der Waals surface area contributed by atoms with Crippen LogP contribution >= 0.6 is 0 Å². The molecule has 33 heavy (non-hydrogen) atoms. The fraction of sp³-hybridized carbons (Fsp3) is 0.417. The number of carbonyl (C=O) groups excluding carboxylic acids is 2. The molecule has 2 amide bonds. The third kappa shape index (κ3) is 5.91. The lowest BCUT2D eigenvalue weighted by molar-refractivity contribution is -0.136. The third-order valence-corrected chi connectivity index (χ3v) is 8.00. The van der Waals surface area contributed by atoms with Gasteiger partial charge in [0, 0.05) is 44.0 Å². The summed E-state index contributed by atoms with van der Waals surface area (Å²) in [7, 11) is -1.46. The molecule has 8 nitrogen and oxygen atoms in total. The molecule has 2 saturated heterocycles. The van der Waals surface area contributed by atoms with Crippen LogP contribution in [0.15, 0.2) is 48.5 Å². The van der Waals surface area contributed by atoms with Gasteiger partial charge in [0.2, 0.25) is 5.91 Å². The molecule has 2 aliphatic rings. The van der Waals surface area contributed by atoms with Crippen LogP contribution in [-0.2, 0) is 21.2 Å². The molecule has 176 valence electrons. The molecule has 0 aromatic heterocycles. The summed E-state index contributed by atoms with van der Waals surface area (Å²) in [4.78, 5) is 29.2. The second-order valence-corrected chi connectivity index (χ2v) is 10.8. The van der Waals surface area contributed by atoms with Gasteiger partial charge in [0.15, 0.2) is 9.84 Å². The molecule has 0 aliphatic carbocycles. The Kier molecular flexibility index (Phi) is 6.99. The Morgan fingerprint density at radius 3 is 2.24 bits per heavy atom. The van der Waals surface area contributed by atoms with Gasteiger partial charge in [-0.1, -0.05) is 12.1 Å². The van der Waals surface area contributed by atoms with E-state index in [1.165, 1.54) is 0 Å². The maximum absolute atomic E-state index is 12.6. The Morgan fingerprint density at radius 2 is 1.67 bits per heavy atom. The molecule has 0 radical (unpaired) electrons. The van der Waals surface area contributed by atoms with Crippen LogP contribution in [0.2, 0.25) is 0 Å². The first-order chi connectivity index (χ1) is 15.8. The van der Waals surface area contributed by atoms with Crippen molar-refractivity contribution in [3.8, 4) is 5.75 Å². The van der Waals surface area contributed by atoms with Crippen LogP contribution < -0.4 is 10.1 Å². The van der Waals surface area contributed by atoms with E-state index in [-0.39, 0.29) is 29.2 Å². The maximum atomic E-state index is 12.6. The van der Waals surface area contributed by atoms with Crippen molar-refractivity contribution in [1.82, 2.24) is 9.80 Å². The molecule has 1 unspecified atom stereocenters. The Bertz CT molecular complexity index is 1090. The normalized spacial score (nSPS) is 20.4. The number of carbonyl (C=O) groups is 2. The quantitative estimate of drug-likeness (QED) is 0.693. The van der Waals surface area contributed by atoms with Crippen molar-refractivity contribution in [2.75, 3.05) is 50.1 Å². The van der Waals surface area contributed by atoms with Crippen molar-refractivity contribution in [2.45, 2.75) is 13.0 Å². The minimum atomic E-state index is -3.05. The first kappa shape index (κ1) is 23.3. The molecule has 4 rings (SSSR count). The highest BCUT2D eigenvalue weighted by atomic mass is 32.2. The summed E-state index contributed by atoms with van der Waals surface area (Å²) in [6.45, 7) is 3.44. The van der Waals surface area contributed by atoms with Gasteiger partial charge in [-0.05, 0) is 48.4 Å². The number of hydrogen-bond acceptors (Lipinski definition) is 6. The van der Waals surface area contributed by atoms with Gasteiger partial charge in [-0.15, -0.1) is 0 Å². The molecule has 2 aliphatic heterocycles. The first-order valence-electron chi connectivity index (χ1n) is 11.1. The van der Waals surface area contributed by atoms with Crippen molar-refractivity contribution >= 4 is 27.3 Å². The largest absolute Gasteiger partial charge is 0.497 e. The molecule has 2 fully saturated rings. The fourth-order valence-corrected chi connectivity index (χ4v) is 6.00. The number of nitrogens with one attached hydrogen (secondary N) is 1. The van der Waals surface area contributed by atoms with Crippen LogP contribution in [0.4, 0.5) is 5.69 Å². The minimum Gasteiger partial charge on any atom is -0.497 e. The second kappa shape index (κ2) is 9.93. The van der Waals surface area contributed by atoms with Gasteiger partial charge in [-0.3, -0.25) is 14.5 Å². The number of amides is 2. The van der Waals surface area contributed by atoms with E-state index in [1.54, 1.807) is 36.3 Å². The predicted molar refractivity (Wildman–Crippen MR) is 126 cm³/mol. The highest BCUT2D eigenvalue weighted by Gasteiger charge is 2.36. The summed E-state index contributed by atoms with van der Waals surface area (Å²) in [5, 5.41) is 2.87. The molecular weight excluding hydrogens is 442 g/mol. The number of piperazine rings is 1. The summed E-state index contributed by atoms with van der Waals surface area (Å²) in [6.07, 6.45) is 0.444. The molecular formula is C24H29N3O5S. The summed E-state index contributed by atoms with van der Waals surface area (Å²) < 4.78 is 28.4. The topological polar surface area (TPSA) is 96.0 Å². The van der Waals surface area contributed by atoms with Crippen LogP contribution in [0.5, 0.6) is 5.75 Å². The van der Waals surface area contributed by atoms with Gasteiger partial charge in [0.25, 0.3) is 5.91 Å². The number of hydrogen-bond donors (Lipinski definition) is 1. The highest BCUT2D eigenvalue weighted by molar-refractivity contribution is 7.91. The van der Waals surface area contributed by atoms with E-state index in [1.807, 2.05) is 24.3 Å². The van der Waals surface area contributed by atoms with Gasteiger partial charge in [-0.2, -0.15) is 0 Å². The SMILES string of the molecule is COc1ccc(NC(=O)c2ccc(CN3CCN(C(=O)C4CCS(=O)(=O)C4)CC3)cc2)cc1. The average Bonchev–Trinajstić information content (AvgIpc) is 3.19. The van der Waals surface area contributed by atoms with Gasteiger partial charge >= 0.3 is 0 Å². The fourth-order valence-electron chi connectivity index (χ4n) is 4.27. The Morgan fingerprint density at radius 1 is 1.00 bits per heavy atom. The molecule has 2 heterocycles. The van der Waals surface area contributed by atoms with Crippen molar-refractivity contribution in [1.29, 1.82) is 0 Å². The first-order valence-corrected chi connectivity index (χ1v) is 12.9. The third-order valence-electron chi connectivity index (χ3n) is 6.24. The number of methoxy groups -OCH3 is 1. The van der Waals surface area contributed by atoms with Crippen molar-refractivity contribution in [2.24, 2.45) is 5.92 Å². The van der Waals surface area contributed by atoms with Crippen LogP contribution in [0.1, 0.15) is 22.3 Å². The number of rotatable bonds is 6. The Hall–Kier alpha value is -2.91. The van der Waals surface area contributed by atoms with E-state index in [4.69, 9.17) is 4.74 Å². The summed E-state index contributed by atoms with van der Waals surface area (Å²) in [5.74, 6) is 0.268. The van der Waals surface area contributed by atoms with Crippen molar-refractivity contribution < 1.29 is 22.7 Å². The van der Waals surface area contributed by atoms with Gasteiger partial charge in [0.1, 0.15) is 5.75 Å². The molecule has 1 atom stereocenters. The van der Waals surface area contributed by atoms with Crippen molar-refractivity contribution in [3.63, 3.8) is 0 Å². The molecule has 2 aromatic carbocycles. The number of nitrogens with zero attached hydrogens (tertiary/aromatic N) is 2. The number of benzene rings is 2. The van der Waals surface area contributed by atoms with E-state index in [2.05, 4.69) is 10.2 Å². The lowest BCUT2D eigenvalue weighted by atomic mass is 10.1. The number of ether oxygens (including phenoxy) is 1. The van der Waals surface area contributed by atoms with E-state index in [0.29, 0.717) is 30.8 Å². The Labute approximate surface area is 194 Å². The molecule has 0 bridgehead atoms. The lowest BCUT2D eigenvalue weighted by Gasteiger charge is -2.35. The standard InChI is InChI=1S/C24H29N3O5S/c1-32-22-8-6-21(7-9-22)25-23(28)19-4-2-18(3-5-19)16-26-11-13-27(14-12-26)24(29)20-10-15-33(30,31)17-20/h2-9,20H,10-17H2,1H3,(H,25,28). The lowest BCUT2D eigenvalue weighted by Crippen LogP contribution is -2.50. The van der Waals surface area contributed by atoms with Crippen LogP contribution in [0.3, 0.4) is 0 Å². The van der Waals surface area contributed by atoms with Crippen LogP contribution in [0.25, 0.3) is 0 Å². The summed E-state index contributed by atoms with van der Waals surface area (Å²) in [5.41, 5.74) is 2.38. The second-order valence-electron chi connectivity index (χ2n) is 8.58. The molecule has 0 saturated carbocycles. The zero-order valence-electron chi connectivity index (χ0n) is 18.7. The van der Waals surface area contributed by atoms with E-state index in [9.17, 15) is 18.0 Å². The highest BCUT2D eigenvalue weighted by Crippen LogP contribution is 2.22. The molecule has 9 heteroatoms. The van der Waals surface area contributed by atoms with Crippen LogP contribution in [0, 0.1) is 5.92 Å². The zero-order chi connectivity index (χ0) is 23.4. The van der Waals surface area contributed by atoms with Crippen LogP contribution in [-0.4, -0.2) is 74.8 Å². The zero-order valence-corrected chi connectivity index (χ0v) is 19.5. The van der Waals surface area contributed by atoms with E-state index >= 15 is 0 Å². The maximum Gasteiger partial charge on any atom is 0.255 e. The van der Waals surface area contributed by atoms with E-state index in [0.717, 1.165) is 30.9 Å².